The lowest BCUT2D eigenvalue weighted by atomic mass is 9.80. The van der Waals surface area contributed by atoms with Crippen LogP contribution in [0.25, 0.3) is 0 Å². The van der Waals surface area contributed by atoms with Gasteiger partial charge in [0.25, 0.3) is 11.5 Å². The summed E-state index contributed by atoms with van der Waals surface area (Å²) in [5.41, 5.74) is -2.29. The van der Waals surface area contributed by atoms with E-state index in [1.165, 1.54) is 26.5 Å². The standard InChI is InChI=1S/C26H29F2IN4O5/c1-2-38-25(36)33-10-4-3-7-19(33)26(37)13-31(14-26)23(34)20-18-6-5-11-32(18)24(35)21(28)22(20)30-17-9-8-15(29)12-16(17)27/h8-9,12,19,30,37H,2-7,10-11,13-14H2,1H3/t19-/m0/s1. The number of amides is 2. The Morgan fingerprint density at radius 2 is 1.97 bits per heavy atom. The third-order valence-corrected chi connectivity index (χ3v) is 8.23. The minimum Gasteiger partial charge on any atom is -0.450 e. The SMILES string of the molecule is CCOC(=O)N1CCCC[C@H]1C1(O)CN(C(=O)c2c(Nc3ccc(I)cc3F)c(F)c(=O)n3c2CCC3)C1. The molecule has 2 amide bonds. The number of anilines is 2. The smallest absolute Gasteiger partial charge is 0.410 e. The number of carbonyl (C=O) groups is 2. The number of nitrogens with zero attached hydrogens (tertiary/aromatic N) is 3. The molecule has 204 valence electrons. The molecule has 1 aromatic heterocycles. The summed E-state index contributed by atoms with van der Waals surface area (Å²) in [6, 6.07) is 3.79. The molecule has 0 bridgehead atoms. The average molecular weight is 642 g/mol. The van der Waals surface area contributed by atoms with E-state index in [2.05, 4.69) is 5.32 Å². The van der Waals surface area contributed by atoms with Gasteiger partial charge in [-0.25, -0.2) is 9.18 Å². The maximum Gasteiger partial charge on any atom is 0.410 e. The van der Waals surface area contributed by atoms with Crippen molar-refractivity contribution in [2.24, 2.45) is 0 Å². The quantitative estimate of drug-likeness (QED) is 0.484. The van der Waals surface area contributed by atoms with Crippen LogP contribution in [-0.4, -0.2) is 69.4 Å². The first kappa shape index (κ1) is 26.9. The lowest BCUT2D eigenvalue weighted by molar-refractivity contribution is -0.135. The van der Waals surface area contributed by atoms with Gasteiger partial charge in [-0.3, -0.25) is 9.59 Å². The maximum absolute atomic E-state index is 15.4. The highest BCUT2D eigenvalue weighted by Crippen LogP contribution is 2.37. The first-order chi connectivity index (χ1) is 18.1. The molecular formula is C26H29F2IN4O5. The normalized spacial score (nSPS) is 20.1. The topological polar surface area (TPSA) is 104 Å². The molecule has 0 spiro atoms. The molecule has 38 heavy (non-hydrogen) atoms. The molecule has 0 radical (unpaired) electrons. The molecule has 12 heteroatoms. The summed E-state index contributed by atoms with van der Waals surface area (Å²) in [5.74, 6) is -2.37. The molecule has 3 aliphatic heterocycles. The van der Waals surface area contributed by atoms with Crippen molar-refractivity contribution in [3.8, 4) is 0 Å². The van der Waals surface area contributed by atoms with E-state index in [1.807, 2.05) is 22.6 Å². The van der Waals surface area contributed by atoms with Gasteiger partial charge in [-0.2, -0.15) is 4.39 Å². The summed E-state index contributed by atoms with van der Waals surface area (Å²) in [7, 11) is 0. The molecule has 2 aromatic rings. The van der Waals surface area contributed by atoms with Crippen molar-refractivity contribution >= 4 is 46.0 Å². The van der Waals surface area contributed by atoms with E-state index in [4.69, 9.17) is 4.74 Å². The fourth-order valence-electron chi connectivity index (χ4n) is 5.75. The number of pyridine rings is 1. The van der Waals surface area contributed by atoms with Crippen LogP contribution in [-0.2, 0) is 17.7 Å². The van der Waals surface area contributed by atoms with Crippen LogP contribution in [0.4, 0.5) is 25.0 Å². The predicted molar refractivity (Wildman–Crippen MR) is 144 cm³/mol. The number of benzene rings is 1. The molecule has 9 nitrogen and oxygen atoms in total. The first-order valence-corrected chi connectivity index (χ1v) is 13.8. The Labute approximate surface area is 231 Å². The van der Waals surface area contributed by atoms with E-state index in [-0.39, 0.29) is 43.2 Å². The second kappa shape index (κ2) is 10.4. The number of aliphatic hydroxyl groups is 1. The molecule has 1 aromatic carbocycles. The molecule has 0 aliphatic carbocycles. The monoisotopic (exact) mass is 642 g/mol. The minimum atomic E-state index is -1.34. The maximum atomic E-state index is 15.4. The largest absolute Gasteiger partial charge is 0.450 e. The first-order valence-electron chi connectivity index (χ1n) is 12.8. The lowest BCUT2D eigenvalue weighted by Gasteiger charge is -2.54. The van der Waals surface area contributed by atoms with Gasteiger partial charge in [0.15, 0.2) is 0 Å². The summed E-state index contributed by atoms with van der Waals surface area (Å²) in [5, 5.41) is 14.1. The third-order valence-electron chi connectivity index (χ3n) is 7.56. The van der Waals surface area contributed by atoms with E-state index in [9.17, 15) is 23.9 Å². The van der Waals surface area contributed by atoms with Gasteiger partial charge in [0.1, 0.15) is 11.4 Å². The van der Waals surface area contributed by atoms with E-state index >= 15 is 4.39 Å². The second-order valence-corrected chi connectivity index (χ2v) is 11.2. The number of aromatic nitrogens is 1. The minimum absolute atomic E-state index is 0.0366. The number of piperidine rings is 1. The van der Waals surface area contributed by atoms with Gasteiger partial charge in [0, 0.05) is 22.4 Å². The van der Waals surface area contributed by atoms with Crippen LogP contribution in [0.3, 0.4) is 0 Å². The molecule has 5 rings (SSSR count). The summed E-state index contributed by atoms with van der Waals surface area (Å²) < 4.78 is 37.1. The van der Waals surface area contributed by atoms with Crippen LogP contribution in [0.5, 0.6) is 0 Å². The van der Waals surface area contributed by atoms with E-state index in [0.29, 0.717) is 35.1 Å². The van der Waals surface area contributed by atoms with Gasteiger partial charge in [-0.15, -0.1) is 0 Å². The Bertz CT molecular complexity index is 1340. The molecular weight excluding hydrogens is 613 g/mol. The molecule has 0 unspecified atom stereocenters. The Kier molecular flexibility index (Phi) is 7.37. The van der Waals surface area contributed by atoms with Crippen molar-refractivity contribution in [3.05, 3.63) is 55.0 Å². The van der Waals surface area contributed by atoms with Crippen molar-refractivity contribution in [2.75, 3.05) is 31.6 Å². The average Bonchev–Trinajstić information content (AvgIpc) is 3.36. The summed E-state index contributed by atoms with van der Waals surface area (Å²) in [4.78, 5) is 41.9. The van der Waals surface area contributed by atoms with Crippen LogP contribution < -0.4 is 10.9 Å². The number of rotatable bonds is 5. The number of carbonyl (C=O) groups excluding carboxylic acids is 2. The number of hydrogen-bond donors (Lipinski definition) is 2. The number of ether oxygens (including phenoxy) is 1. The van der Waals surface area contributed by atoms with Gasteiger partial charge < -0.3 is 29.5 Å². The Morgan fingerprint density at radius 1 is 1.21 bits per heavy atom. The number of likely N-dealkylation sites (tertiary alicyclic amines) is 2. The van der Waals surface area contributed by atoms with Crippen LogP contribution in [0.15, 0.2) is 23.0 Å². The lowest BCUT2D eigenvalue weighted by Crippen LogP contribution is -2.73. The molecule has 2 N–H and O–H groups in total. The van der Waals surface area contributed by atoms with Gasteiger partial charge in [0.05, 0.1) is 42.7 Å². The van der Waals surface area contributed by atoms with Crippen molar-refractivity contribution in [1.82, 2.24) is 14.4 Å². The van der Waals surface area contributed by atoms with Crippen molar-refractivity contribution in [2.45, 2.75) is 57.2 Å². The zero-order valence-corrected chi connectivity index (χ0v) is 23.1. The van der Waals surface area contributed by atoms with Crippen molar-refractivity contribution < 1.29 is 28.2 Å². The number of β-amino-alcohol motifs (C(OH)–C–C–N with tert-alkyl or cyclic N) is 1. The van der Waals surface area contributed by atoms with E-state index < -0.39 is 40.8 Å². The fraction of sp³-hybridized carbons (Fsp3) is 0.500. The predicted octanol–water partition coefficient (Wildman–Crippen LogP) is 3.62. The summed E-state index contributed by atoms with van der Waals surface area (Å²) >= 11 is 1.95. The highest BCUT2D eigenvalue weighted by molar-refractivity contribution is 14.1. The number of nitrogens with one attached hydrogen (secondary N) is 1. The van der Waals surface area contributed by atoms with Gasteiger partial charge >= 0.3 is 6.09 Å². The van der Waals surface area contributed by atoms with E-state index in [0.717, 1.165) is 12.8 Å². The highest BCUT2D eigenvalue weighted by atomic mass is 127. The molecule has 2 fully saturated rings. The van der Waals surface area contributed by atoms with E-state index in [1.54, 1.807) is 13.0 Å². The summed E-state index contributed by atoms with van der Waals surface area (Å²) in [6.45, 7) is 2.53. The van der Waals surface area contributed by atoms with Crippen LogP contribution in [0, 0.1) is 15.2 Å². The molecule has 4 heterocycles. The number of hydrogen-bond acceptors (Lipinski definition) is 6. The molecule has 3 aliphatic rings. The number of halogens is 3. The second-order valence-electron chi connectivity index (χ2n) is 9.99. The highest BCUT2D eigenvalue weighted by Gasteiger charge is 2.53. The van der Waals surface area contributed by atoms with Crippen molar-refractivity contribution in [3.63, 3.8) is 0 Å². The third kappa shape index (κ3) is 4.65. The van der Waals surface area contributed by atoms with Gasteiger partial charge in [-0.05, 0) is 79.8 Å². The zero-order valence-electron chi connectivity index (χ0n) is 20.9. The number of fused-ring (bicyclic) bond motifs is 1. The zero-order chi connectivity index (χ0) is 27.2. The Hall–Kier alpha value is -2.74. The molecule has 2 saturated heterocycles. The Morgan fingerprint density at radius 3 is 2.68 bits per heavy atom. The van der Waals surface area contributed by atoms with Gasteiger partial charge in [0.2, 0.25) is 5.82 Å². The van der Waals surface area contributed by atoms with Crippen LogP contribution >= 0.6 is 22.6 Å². The van der Waals surface area contributed by atoms with Gasteiger partial charge in [-0.1, -0.05) is 0 Å². The van der Waals surface area contributed by atoms with Crippen molar-refractivity contribution in [1.29, 1.82) is 0 Å². The Balaban J connectivity index is 1.46. The molecule has 1 atom stereocenters. The fourth-order valence-corrected chi connectivity index (χ4v) is 6.21. The van der Waals surface area contributed by atoms with Crippen LogP contribution in [0.1, 0.15) is 48.7 Å². The molecule has 0 saturated carbocycles. The summed E-state index contributed by atoms with van der Waals surface area (Å²) in [6.07, 6.45) is 2.65. The van der Waals surface area contributed by atoms with Crippen LogP contribution in [0.2, 0.25) is 0 Å².